The molecule has 0 spiro atoms. The monoisotopic (exact) mass is 311 g/mol. The maximum Gasteiger partial charge on any atom is 0.276 e. The van der Waals surface area contributed by atoms with E-state index in [1.54, 1.807) is 12.1 Å². The molecule has 2 aromatic rings. The van der Waals surface area contributed by atoms with Gasteiger partial charge < -0.3 is 14.7 Å². The summed E-state index contributed by atoms with van der Waals surface area (Å²) in [5.74, 6) is 0.490. The predicted molar refractivity (Wildman–Crippen MR) is 78.2 cm³/mol. The molecule has 1 atom stereocenters. The van der Waals surface area contributed by atoms with Gasteiger partial charge in [-0.1, -0.05) is 16.8 Å². The second kappa shape index (κ2) is 5.55. The van der Waals surface area contributed by atoms with Gasteiger partial charge in [-0.15, -0.1) is 11.3 Å². The molecule has 7 heteroatoms. The van der Waals surface area contributed by atoms with Gasteiger partial charge in [-0.2, -0.15) is 0 Å². The van der Waals surface area contributed by atoms with Crippen LogP contribution in [0, 0.1) is 0 Å². The lowest BCUT2D eigenvalue weighted by molar-refractivity contribution is 0.0645. The Bertz CT molecular complexity index is 625. The summed E-state index contributed by atoms with van der Waals surface area (Å²) in [5, 5.41) is 7.14. The van der Waals surface area contributed by atoms with Crippen molar-refractivity contribution in [1.82, 2.24) is 15.4 Å². The minimum atomic E-state index is -0.0864. The summed E-state index contributed by atoms with van der Waals surface area (Å²) in [7, 11) is 0. The van der Waals surface area contributed by atoms with Crippen molar-refractivity contribution in [3.05, 3.63) is 28.2 Å². The smallest absolute Gasteiger partial charge is 0.276 e. The highest BCUT2D eigenvalue weighted by Gasteiger charge is 2.26. The van der Waals surface area contributed by atoms with Crippen LogP contribution in [-0.2, 0) is 0 Å². The van der Waals surface area contributed by atoms with E-state index in [1.165, 1.54) is 11.3 Å². The van der Waals surface area contributed by atoms with Crippen molar-refractivity contribution in [1.29, 1.82) is 0 Å². The first-order valence-corrected chi connectivity index (χ1v) is 7.58. The molecule has 5 nitrogen and oxygen atoms in total. The molecule has 0 unspecified atom stereocenters. The second-order valence-corrected chi connectivity index (χ2v) is 6.45. The first kappa shape index (κ1) is 13.6. The van der Waals surface area contributed by atoms with Gasteiger partial charge in [-0.25, -0.2) is 0 Å². The van der Waals surface area contributed by atoms with Crippen LogP contribution in [0.2, 0.25) is 4.34 Å². The van der Waals surface area contributed by atoms with Crippen LogP contribution < -0.4 is 5.32 Å². The third-order valence-electron chi connectivity index (χ3n) is 3.31. The van der Waals surface area contributed by atoms with Crippen LogP contribution in [0.1, 0.15) is 17.4 Å². The molecule has 0 bridgehead atoms. The van der Waals surface area contributed by atoms with Crippen LogP contribution in [-0.4, -0.2) is 41.6 Å². The second-order valence-electron chi connectivity index (χ2n) is 4.73. The standard InChI is InChI=1S/C13H14ClN3O2S/c1-8-7-15-4-5-17(8)13(18)9-6-10(19-16-9)11-2-3-12(14)20-11/h2-3,6,8,15H,4-5,7H2,1H3/t8-/m1/s1. The highest BCUT2D eigenvalue weighted by molar-refractivity contribution is 7.19. The average molecular weight is 312 g/mol. The number of halogens is 1. The van der Waals surface area contributed by atoms with Crippen LogP contribution in [0.3, 0.4) is 0 Å². The summed E-state index contributed by atoms with van der Waals surface area (Å²) in [6, 6.07) is 5.49. The van der Waals surface area contributed by atoms with E-state index in [0.29, 0.717) is 22.3 Å². The first-order valence-electron chi connectivity index (χ1n) is 6.39. The zero-order valence-corrected chi connectivity index (χ0v) is 12.5. The highest BCUT2D eigenvalue weighted by atomic mass is 35.5. The van der Waals surface area contributed by atoms with E-state index in [9.17, 15) is 4.79 Å². The van der Waals surface area contributed by atoms with E-state index in [4.69, 9.17) is 16.1 Å². The number of carbonyl (C=O) groups is 1. The Kier molecular flexibility index (Phi) is 3.78. The van der Waals surface area contributed by atoms with Crippen LogP contribution in [0.5, 0.6) is 0 Å². The lowest BCUT2D eigenvalue weighted by Gasteiger charge is -2.33. The summed E-state index contributed by atoms with van der Waals surface area (Å²) in [6.07, 6.45) is 0. The van der Waals surface area contributed by atoms with Crippen LogP contribution in [0.25, 0.3) is 10.6 Å². The molecule has 0 radical (unpaired) electrons. The fourth-order valence-corrected chi connectivity index (χ4v) is 3.22. The highest BCUT2D eigenvalue weighted by Crippen LogP contribution is 2.31. The van der Waals surface area contributed by atoms with Gasteiger partial charge in [0.15, 0.2) is 11.5 Å². The fourth-order valence-electron chi connectivity index (χ4n) is 2.23. The summed E-state index contributed by atoms with van der Waals surface area (Å²) in [5.41, 5.74) is 0.346. The zero-order valence-electron chi connectivity index (χ0n) is 10.9. The first-order chi connectivity index (χ1) is 9.65. The van der Waals surface area contributed by atoms with E-state index in [1.807, 2.05) is 17.9 Å². The summed E-state index contributed by atoms with van der Waals surface area (Å²) in [4.78, 5) is 15.1. The third kappa shape index (κ3) is 2.59. The summed E-state index contributed by atoms with van der Waals surface area (Å²) < 4.78 is 5.93. The normalized spacial score (nSPS) is 19.3. The molecular formula is C13H14ClN3O2S. The number of amides is 1. The number of hydrogen-bond acceptors (Lipinski definition) is 5. The average Bonchev–Trinajstić information content (AvgIpc) is 3.07. The molecule has 1 N–H and O–H groups in total. The number of nitrogens with one attached hydrogen (secondary N) is 1. The molecule has 1 aliphatic rings. The fraction of sp³-hybridized carbons (Fsp3) is 0.385. The molecule has 106 valence electrons. The molecule has 2 aromatic heterocycles. The predicted octanol–water partition coefficient (Wildman–Crippen LogP) is 2.49. The van der Waals surface area contributed by atoms with Gasteiger partial charge >= 0.3 is 0 Å². The lowest BCUT2D eigenvalue weighted by Crippen LogP contribution is -2.52. The molecule has 3 rings (SSSR count). The Balaban J connectivity index is 1.81. The number of hydrogen-bond donors (Lipinski definition) is 1. The van der Waals surface area contributed by atoms with Crippen LogP contribution >= 0.6 is 22.9 Å². The van der Waals surface area contributed by atoms with Gasteiger partial charge in [0.2, 0.25) is 0 Å². The zero-order chi connectivity index (χ0) is 14.1. The largest absolute Gasteiger partial charge is 0.355 e. The van der Waals surface area contributed by atoms with E-state index in [2.05, 4.69) is 10.5 Å². The van der Waals surface area contributed by atoms with Crippen molar-refractivity contribution in [3.63, 3.8) is 0 Å². The van der Waals surface area contributed by atoms with Crippen molar-refractivity contribution in [3.8, 4) is 10.6 Å². The Morgan fingerprint density at radius 2 is 2.45 bits per heavy atom. The summed E-state index contributed by atoms with van der Waals surface area (Å²) in [6.45, 7) is 4.31. The number of nitrogens with zero attached hydrogens (tertiary/aromatic N) is 2. The SMILES string of the molecule is C[C@@H]1CNCCN1C(=O)c1cc(-c2ccc(Cl)s2)on1. The molecule has 20 heavy (non-hydrogen) atoms. The molecule has 1 aliphatic heterocycles. The molecule has 1 amide bonds. The maximum absolute atomic E-state index is 12.4. The molecule has 0 aliphatic carbocycles. The minimum absolute atomic E-state index is 0.0864. The van der Waals surface area contributed by atoms with E-state index in [0.717, 1.165) is 18.0 Å². The van der Waals surface area contributed by atoms with Gasteiger partial charge in [-0.3, -0.25) is 4.79 Å². The van der Waals surface area contributed by atoms with Crippen molar-refractivity contribution >= 4 is 28.8 Å². The van der Waals surface area contributed by atoms with E-state index < -0.39 is 0 Å². The van der Waals surface area contributed by atoms with Crippen molar-refractivity contribution in [2.45, 2.75) is 13.0 Å². The van der Waals surface area contributed by atoms with Crippen molar-refractivity contribution in [2.75, 3.05) is 19.6 Å². The van der Waals surface area contributed by atoms with Gasteiger partial charge in [0.05, 0.1) is 9.21 Å². The third-order valence-corrected chi connectivity index (χ3v) is 4.55. The minimum Gasteiger partial charge on any atom is -0.355 e. The number of rotatable bonds is 2. The Hall–Kier alpha value is -1.37. The number of carbonyl (C=O) groups excluding carboxylic acids is 1. The molecule has 3 heterocycles. The number of aromatic nitrogens is 1. The van der Waals surface area contributed by atoms with Gasteiger partial charge in [-0.05, 0) is 19.1 Å². The van der Waals surface area contributed by atoms with Crippen LogP contribution in [0.15, 0.2) is 22.7 Å². The maximum atomic E-state index is 12.4. The molecule has 0 saturated carbocycles. The van der Waals surface area contributed by atoms with Crippen molar-refractivity contribution < 1.29 is 9.32 Å². The molecule has 1 fully saturated rings. The van der Waals surface area contributed by atoms with E-state index in [-0.39, 0.29) is 11.9 Å². The van der Waals surface area contributed by atoms with Crippen molar-refractivity contribution in [2.24, 2.45) is 0 Å². The number of piperazine rings is 1. The quantitative estimate of drug-likeness (QED) is 0.925. The Labute approximate surface area is 125 Å². The lowest BCUT2D eigenvalue weighted by atomic mass is 10.2. The molecular weight excluding hydrogens is 298 g/mol. The topological polar surface area (TPSA) is 58.4 Å². The van der Waals surface area contributed by atoms with Gasteiger partial charge in [0, 0.05) is 31.7 Å². The molecule has 1 saturated heterocycles. The number of thiophene rings is 1. The molecule has 0 aromatic carbocycles. The van der Waals surface area contributed by atoms with Crippen LogP contribution in [0.4, 0.5) is 0 Å². The van der Waals surface area contributed by atoms with Gasteiger partial charge in [0.25, 0.3) is 5.91 Å². The van der Waals surface area contributed by atoms with Gasteiger partial charge in [0.1, 0.15) is 0 Å². The Morgan fingerprint density at radius 1 is 1.60 bits per heavy atom. The Morgan fingerprint density at radius 3 is 3.15 bits per heavy atom. The van der Waals surface area contributed by atoms with E-state index >= 15 is 0 Å². The summed E-state index contributed by atoms with van der Waals surface area (Å²) >= 11 is 7.29.